The molecular formula is C31H32FN3O3. The molecular weight excluding hydrogens is 481 g/mol. The number of morpholine rings is 1. The predicted octanol–water partition coefficient (Wildman–Crippen LogP) is 5.02. The van der Waals surface area contributed by atoms with Crippen molar-refractivity contribution in [2.24, 2.45) is 7.05 Å². The summed E-state index contributed by atoms with van der Waals surface area (Å²) in [5.41, 5.74) is 5.18. The van der Waals surface area contributed by atoms with Crippen LogP contribution in [0.3, 0.4) is 0 Å². The van der Waals surface area contributed by atoms with Gasteiger partial charge >= 0.3 is 0 Å². The molecule has 5 rings (SSSR count). The fourth-order valence-corrected chi connectivity index (χ4v) is 5.02. The molecule has 4 aromatic rings. The Kier molecular flexibility index (Phi) is 7.86. The van der Waals surface area contributed by atoms with Gasteiger partial charge in [-0.1, -0.05) is 42.5 Å². The van der Waals surface area contributed by atoms with Crippen LogP contribution in [0.4, 0.5) is 4.39 Å². The number of rotatable bonds is 8. The topological polar surface area (TPSA) is 55.7 Å². The minimum atomic E-state index is -0.233. The lowest BCUT2D eigenvalue weighted by molar-refractivity contribution is -0.117. The van der Waals surface area contributed by atoms with Gasteiger partial charge in [0.05, 0.1) is 25.5 Å². The quantitative estimate of drug-likeness (QED) is 0.336. The van der Waals surface area contributed by atoms with Crippen LogP contribution in [0.25, 0.3) is 28.2 Å². The Morgan fingerprint density at radius 3 is 2.68 bits per heavy atom. The van der Waals surface area contributed by atoms with Gasteiger partial charge in [-0.3, -0.25) is 9.69 Å². The van der Waals surface area contributed by atoms with E-state index in [0.29, 0.717) is 19.7 Å². The molecule has 1 N–H and O–H groups in total. The minimum Gasteiger partial charge on any atom is -0.497 e. The van der Waals surface area contributed by atoms with Gasteiger partial charge < -0.3 is 19.4 Å². The van der Waals surface area contributed by atoms with E-state index in [9.17, 15) is 9.18 Å². The molecule has 38 heavy (non-hydrogen) atoms. The van der Waals surface area contributed by atoms with E-state index in [-0.39, 0.29) is 17.8 Å². The number of hydrogen-bond acceptors (Lipinski definition) is 4. The highest BCUT2D eigenvalue weighted by atomic mass is 19.1. The number of amides is 1. The monoisotopic (exact) mass is 513 g/mol. The lowest BCUT2D eigenvalue weighted by atomic mass is 10.0. The number of aromatic nitrogens is 1. The second-order valence-electron chi connectivity index (χ2n) is 9.50. The van der Waals surface area contributed by atoms with Gasteiger partial charge in [-0.15, -0.1) is 0 Å². The van der Waals surface area contributed by atoms with Crippen molar-refractivity contribution in [1.29, 1.82) is 0 Å². The molecule has 1 atom stereocenters. The Morgan fingerprint density at radius 1 is 1.13 bits per heavy atom. The molecule has 1 fully saturated rings. The highest BCUT2D eigenvalue weighted by Crippen LogP contribution is 2.35. The van der Waals surface area contributed by atoms with Gasteiger partial charge in [-0.25, -0.2) is 4.39 Å². The number of methoxy groups -OCH3 is 1. The van der Waals surface area contributed by atoms with Crippen LogP contribution in [-0.4, -0.2) is 54.8 Å². The Hall–Kier alpha value is -3.94. The van der Waals surface area contributed by atoms with Crippen molar-refractivity contribution >= 4 is 22.9 Å². The Morgan fingerprint density at radius 2 is 1.92 bits per heavy atom. The molecule has 0 spiro atoms. The fraction of sp³-hybridized carbons (Fsp3) is 0.258. The summed E-state index contributed by atoms with van der Waals surface area (Å²) in [5.74, 6) is 0.354. The van der Waals surface area contributed by atoms with E-state index in [2.05, 4.69) is 26.9 Å². The summed E-state index contributed by atoms with van der Waals surface area (Å²) in [7, 11) is 3.69. The molecule has 6 nitrogen and oxygen atoms in total. The zero-order valence-electron chi connectivity index (χ0n) is 21.7. The number of nitrogens with one attached hydrogen (secondary N) is 1. The zero-order valence-corrected chi connectivity index (χ0v) is 21.7. The number of carbonyl (C=O) groups is 1. The van der Waals surface area contributed by atoms with Gasteiger partial charge in [-0.2, -0.15) is 0 Å². The smallest absolute Gasteiger partial charge is 0.244 e. The molecule has 3 aromatic carbocycles. The number of aryl methyl sites for hydroxylation is 1. The first-order valence-corrected chi connectivity index (χ1v) is 12.8. The average Bonchev–Trinajstić information content (AvgIpc) is 3.23. The maximum Gasteiger partial charge on any atom is 0.244 e. The molecule has 1 unspecified atom stereocenters. The third-order valence-corrected chi connectivity index (χ3v) is 6.94. The summed E-state index contributed by atoms with van der Waals surface area (Å²) in [4.78, 5) is 15.1. The van der Waals surface area contributed by atoms with E-state index in [1.807, 2.05) is 49.5 Å². The number of ether oxygens (including phenoxy) is 2. The van der Waals surface area contributed by atoms with Gasteiger partial charge in [0.15, 0.2) is 0 Å². The number of halogens is 1. The number of carbonyl (C=O) groups excluding carboxylic acids is 1. The molecule has 0 saturated carbocycles. The predicted molar refractivity (Wildman–Crippen MR) is 148 cm³/mol. The summed E-state index contributed by atoms with van der Waals surface area (Å²) in [5, 5.41) is 4.01. The SMILES string of the molecule is COc1ccc2c(c1)c(C=CC(=O)NCC1CN(Cc3ccc(F)cc3)CCO1)c(-c1ccccc1)n2C. The largest absolute Gasteiger partial charge is 0.497 e. The molecule has 1 aliphatic heterocycles. The number of benzene rings is 3. The lowest BCUT2D eigenvalue weighted by Crippen LogP contribution is -2.46. The summed E-state index contributed by atoms with van der Waals surface area (Å²) >= 11 is 0. The maximum absolute atomic E-state index is 13.2. The third kappa shape index (κ3) is 5.79. The van der Waals surface area contributed by atoms with Crippen LogP contribution in [0.2, 0.25) is 0 Å². The highest BCUT2D eigenvalue weighted by molar-refractivity contribution is 6.01. The summed E-state index contributed by atoms with van der Waals surface area (Å²) in [6, 6.07) is 22.7. The Balaban J connectivity index is 1.28. The molecule has 1 amide bonds. The second kappa shape index (κ2) is 11.6. The summed E-state index contributed by atoms with van der Waals surface area (Å²) < 4.78 is 26.7. The van der Waals surface area contributed by atoms with E-state index in [1.54, 1.807) is 25.3 Å². The van der Waals surface area contributed by atoms with E-state index in [4.69, 9.17) is 9.47 Å². The van der Waals surface area contributed by atoms with Crippen molar-refractivity contribution in [2.75, 3.05) is 33.4 Å². The van der Waals surface area contributed by atoms with Gasteiger partial charge in [0.2, 0.25) is 5.91 Å². The van der Waals surface area contributed by atoms with Gasteiger partial charge in [-0.05, 0) is 47.5 Å². The van der Waals surface area contributed by atoms with E-state index in [1.165, 1.54) is 12.1 Å². The van der Waals surface area contributed by atoms with Crippen LogP contribution >= 0.6 is 0 Å². The lowest BCUT2D eigenvalue weighted by Gasteiger charge is -2.33. The first-order chi connectivity index (χ1) is 18.5. The van der Waals surface area contributed by atoms with Crippen LogP contribution < -0.4 is 10.1 Å². The van der Waals surface area contributed by atoms with Crippen LogP contribution in [0, 0.1) is 5.82 Å². The van der Waals surface area contributed by atoms with Crippen LogP contribution in [0.5, 0.6) is 5.75 Å². The normalized spacial score (nSPS) is 16.2. The third-order valence-electron chi connectivity index (χ3n) is 6.94. The van der Waals surface area contributed by atoms with Crippen molar-refractivity contribution in [3.8, 4) is 17.0 Å². The maximum atomic E-state index is 13.2. The molecule has 196 valence electrons. The van der Waals surface area contributed by atoms with Crippen molar-refractivity contribution < 1.29 is 18.7 Å². The molecule has 1 saturated heterocycles. The summed E-state index contributed by atoms with van der Waals surface area (Å²) in [6.45, 7) is 3.23. The average molecular weight is 514 g/mol. The van der Waals surface area contributed by atoms with E-state index < -0.39 is 0 Å². The Labute approximate surface area is 222 Å². The number of fused-ring (bicyclic) bond motifs is 1. The molecule has 7 heteroatoms. The van der Waals surface area contributed by atoms with Crippen LogP contribution in [0.15, 0.2) is 78.9 Å². The molecule has 1 aliphatic rings. The van der Waals surface area contributed by atoms with Crippen LogP contribution in [0.1, 0.15) is 11.1 Å². The van der Waals surface area contributed by atoms with Gasteiger partial charge in [0.25, 0.3) is 0 Å². The first-order valence-electron chi connectivity index (χ1n) is 12.8. The Bertz CT molecular complexity index is 1430. The zero-order chi connectivity index (χ0) is 26.5. The van der Waals surface area contributed by atoms with Gasteiger partial charge in [0, 0.05) is 55.8 Å². The van der Waals surface area contributed by atoms with Gasteiger partial charge in [0.1, 0.15) is 11.6 Å². The number of hydrogen-bond donors (Lipinski definition) is 1. The van der Waals surface area contributed by atoms with Crippen molar-refractivity contribution in [3.63, 3.8) is 0 Å². The van der Waals surface area contributed by atoms with E-state index in [0.717, 1.165) is 52.1 Å². The second-order valence-corrected chi connectivity index (χ2v) is 9.50. The van der Waals surface area contributed by atoms with Crippen molar-refractivity contribution in [1.82, 2.24) is 14.8 Å². The van der Waals surface area contributed by atoms with Crippen molar-refractivity contribution in [2.45, 2.75) is 12.6 Å². The first kappa shape index (κ1) is 25.7. The van der Waals surface area contributed by atoms with E-state index >= 15 is 0 Å². The van der Waals surface area contributed by atoms with Crippen molar-refractivity contribution in [3.05, 3.63) is 95.8 Å². The number of nitrogens with zero attached hydrogens (tertiary/aromatic N) is 2. The summed E-state index contributed by atoms with van der Waals surface area (Å²) in [6.07, 6.45) is 3.35. The fourth-order valence-electron chi connectivity index (χ4n) is 5.02. The molecule has 0 radical (unpaired) electrons. The molecule has 1 aromatic heterocycles. The molecule has 0 bridgehead atoms. The molecule has 0 aliphatic carbocycles. The standard InChI is InChI=1S/C31H32FN3O3/c1-34-29-14-12-25(37-2)18-28(29)27(31(34)23-6-4-3-5-7-23)13-15-30(36)33-19-26-21-35(16-17-38-26)20-22-8-10-24(32)11-9-22/h3-15,18,26H,16-17,19-21H2,1-2H3,(H,33,36). The minimum absolute atomic E-state index is 0.108. The van der Waals surface area contributed by atoms with Crippen LogP contribution in [-0.2, 0) is 23.1 Å². The highest BCUT2D eigenvalue weighted by Gasteiger charge is 2.21. The molecule has 2 heterocycles.